The Hall–Kier alpha value is -7.37. The van der Waals surface area contributed by atoms with Crippen molar-refractivity contribution in [2.75, 3.05) is 6.54 Å². The average Bonchev–Trinajstić information content (AvgIpc) is 3.81. The van der Waals surface area contributed by atoms with Gasteiger partial charge in [0.25, 0.3) is 11.8 Å². The summed E-state index contributed by atoms with van der Waals surface area (Å²) in [7, 11) is 0. The standard InChI is InChI=1S/C27H25N3O3.C18H18N2O3.CO2/c1-19(22-15-9-4-10-16-22)30-25(31)23-24(26(30)32)29(18-21-13-7-3-8-14-21)27(33)28(23)17-20-11-5-2-6-12-20;21-17(22)16-13-19(11-14-7-3-1-4-8-14)18(23)20(16)12-15-9-5-2-6-10-15;2-1-3/h2-16,19,23-24H,17-18H2,1H3;1-10,16H,11-13H2,(H,21,22);/t19-,23+,24?;16-;/m10./s1. The van der Waals surface area contributed by atoms with E-state index >= 15 is 0 Å². The maximum Gasteiger partial charge on any atom is 0.373 e. The highest BCUT2D eigenvalue weighted by molar-refractivity contribution is 6.13. The molecule has 5 aromatic carbocycles. The van der Waals surface area contributed by atoms with Gasteiger partial charge in [-0.25, -0.2) is 14.4 Å². The lowest BCUT2D eigenvalue weighted by atomic mass is 10.1. The molecule has 5 aromatic rings. The largest absolute Gasteiger partial charge is 0.480 e. The summed E-state index contributed by atoms with van der Waals surface area (Å²) in [6, 6.07) is 44.3. The quantitative estimate of drug-likeness (QED) is 0.160. The molecule has 13 nitrogen and oxygen atoms in total. The Kier molecular flexibility index (Phi) is 13.4. The first kappa shape index (κ1) is 41.3. The summed E-state index contributed by atoms with van der Waals surface area (Å²) >= 11 is 0. The van der Waals surface area contributed by atoms with Crippen molar-refractivity contribution in [2.45, 2.75) is 57.3 Å². The Morgan fingerprint density at radius 2 is 0.898 bits per heavy atom. The van der Waals surface area contributed by atoms with E-state index in [1.807, 2.05) is 159 Å². The normalized spacial score (nSPS) is 18.7. The Morgan fingerprint density at radius 3 is 1.27 bits per heavy atom. The van der Waals surface area contributed by atoms with Crippen LogP contribution in [0, 0.1) is 0 Å². The monoisotopic (exact) mass is 793 g/mol. The second-order valence-electron chi connectivity index (χ2n) is 14.2. The zero-order chi connectivity index (χ0) is 41.9. The van der Waals surface area contributed by atoms with Crippen LogP contribution in [0.25, 0.3) is 0 Å². The summed E-state index contributed by atoms with van der Waals surface area (Å²) in [5.41, 5.74) is 4.64. The molecule has 1 unspecified atom stereocenters. The summed E-state index contributed by atoms with van der Waals surface area (Å²) < 4.78 is 0. The molecular formula is C46H43N5O8. The summed E-state index contributed by atoms with van der Waals surface area (Å²) in [6.07, 6.45) is 0.250. The van der Waals surface area contributed by atoms with Crippen molar-refractivity contribution in [1.29, 1.82) is 0 Å². The lowest BCUT2D eigenvalue weighted by Crippen LogP contribution is -2.44. The van der Waals surface area contributed by atoms with E-state index in [0.29, 0.717) is 13.1 Å². The number of benzene rings is 5. The third-order valence-electron chi connectivity index (χ3n) is 10.5. The highest BCUT2D eigenvalue weighted by Gasteiger charge is 2.61. The van der Waals surface area contributed by atoms with Crippen LogP contribution in [0.1, 0.15) is 40.8 Å². The van der Waals surface area contributed by atoms with E-state index in [4.69, 9.17) is 9.59 Å². The number of carbonyl (C=O) groups is 5. The Balaban J connectivity index is 0.000000197. The highest BCUT2D eigenvalue weighted by atomic mass is 16.4. The topological polar surface area (TPSA) is 156 Å². The van der Waals surface area contributed by atoms with Gasteiger partial charge in [-0.1, -0.05) is 152 Å². The second-order valence-corrected chi connectivity index (χ2v) is 14.2. The van der Waals surface area contributed by atoms with Crippen LogP contribution in [0.5, 0.6) is 0 Å². The molecule has 8 rings (SSSR count). The molecule has 0 saturated carbocycles. The molecule has 0 bridgehead atoms. The van der Waals surface area contributed by atoms with Gasteiger partial charge in [-0.05, 0) is 34.7 Å². The van der Waals surface area contributed by atoms with Crippen molar-refractivity contribution in [3.8, 4) is 0 Å². The molecule has 3 fully saturated rings. The molecule has 59 heavy (non-hydrogen) atoms. The molecule has 0 aliphatic carbocycles. The highest BCUT2D eigenvalue weighted by Crippen LogP contribution is 2.38. The van der Waals surface area contributed by atoms with Gasteiger partial charge in [0.05, 0.1) is 12.6 Å². The van der Waals surface area contributed by atoms with Gasteiger partial charge in [-0.3, -0.25) is 14.5 Å². The minimum Gasteiger partial charge on any atom is -0.480 e. The van der Waals surface area contributed by atoms with Crippen LogP contribution in [0.4, 0.5) is 9.59 Å². The summed E-state index contributed by atoms with van der Waals surface area (Å²) in [5.74, 6) is -1.60. The van der Waals surface area contributed by atoms with E-state index in [2.05, 4.69) is 0 Å². The van der Waals surface area contributed by atoms with Crippen molar-refractivity contribution in [1.82, 2.24) is 24.5 Å². The minimum absolute atomic E-state index is 0.204. The Morgan fingerprint density at radius 1 is 0.559 bits per heavy atom. The number of urea groups is 2. The fraction of sp³-hybridized carbons (Fsp3) is 0.217. The van der Waals surface area contributed by atoms with Crippen LogP contribution in [0.3, 0.4) is 0 Å². The first-order valence-electron chi connectivity index (χ1n) is 19.0. The SMILES string of the molecule is C[C@H](c1ccccc1)N1C(=O)C2[C@@H](C1=O)N(Cc1ccccc1)C(=O)N2Cc1ccccc1.O=C(O)[C@@H]1CN(Cc2ccccc2)C(=O)N1Cc1ccccc1.O=C=O. The number of carboxylic acids is 1. The Labute approximate surface area is 341 Å². The number of carbonyl (C=O) groups excluding carboxylic acids is 6. The number of likely N-dealkylation sites (tertiary alicyclic amines) is 1. The molecular weight excluding hydrogens is 751 g/mol. The van der Waals surface area contributed by atoms with Gasteiger partial charge in [0, 0.05) is 26.2 Å². The molecule has 13 heteroatoms. The minimum atomic E-state index is -0.968. The number of imide groups is 1. The molecule has 300 valence electrons. The molecule has 6 amide bonds. The first-order valence-corrected chi connectivity index (χ1v) is 19.0. The van der Waals surface area contributed by atoms with Gasteiger partial charge in [-0.2, -0.15) is 9.59 Å². The van der Waals surface area contributed by atoms with Crippen LogP contribution >= 0.6 is 0 Å². The molecule has 3 aliphatic rings. The predicted molar refractivity (Wildman–Crippen MR) is 214 cm³/mol. The lowest BCUT2D eigenvalue weighted by molar-refractivity contribution is -0.191. The number of rotatable bonds is 11. The molecule has 0 radical (unpaired) electrons. The van der Waals surface area contributed by atoms with Crippen LogP contribution < -0.4 is 0 Å². The van der Waals surface area contributed by atoms with E-state index < -0.39 is 30.1 Å². The molecule has 4 atom stereocenters. The third kappa shape index (κ3) is 9.44. The molecule has 0 spiro atoms. The fourth-order valence-electron chi connectivity index (χ4n) is 7.63. The van der Waals surface area contributed by atoms with Crippen LogP contribution in [0.2, 0.25) is 0 Å². The van der Waals surface area contributed by atoms with Gasteiger partial charge in [0.1, 0.15) is 18.1 Å². The number of amides is 6. The van der Waals surface area contributed by atoms with Gasteiger partial charge in [-0.15, -0.1) is 0 Å². The average molecular weight is 794 g/mol. The van der Waals surface area contributed by atoms with Gasteiger partial charge < -0.3 is 24.7 Å². The molecule has 3 saturated heterocycles. The maximum atomic E-state index is 13.6. The van der Waals surface area contributed by atoms with Gasteiger partial charge >= 0.3 is 24.2 Å². The number of carboxylic acid groups (broad SMARTS) is 1. The number of hydrogen-bond acceptors (Lipinski definition) is 7. The third-order valence-corrected chi connectivity index (χ3v) is 10.5. The zero-order valence-corrected chi connectivity index (χ0v) is 32.3. The van der Waals surface area contributed by atoms with E-state index in [9.17, 15) is 29.1 Å². The number of fused-ring (bicyclic) bond motifs is 1. The molecule has 3 aliphatic heterocycles. The Bertz CT molecular complexity index is 2190. The number of nitrogens with zero attached hydrogens (tertiary/aromatic N) is 5. The fourth-order valence-corrected chi connectivity index (χ4v) is 7.63. The predicted octanol–water partition coefficient (Wildman–Crippen LogP) is 5.99. The summed E-state index contributed by atoms with van der Waals surface area (Å²) in [5, 5.41) is 9.44. The van der Waals surface area contributed by atoms with Crippen molar-refractivity contribution < 1.29 is 38.7 Å². The summed E-state index contributed by atoms with van der Waals surface area (Å²) in [6.45, 7) is 3.35. The second kappa shape index (κ2) is 19.2. The van der Waals surface area contributed by atoms with E-state index in [0.717, 1.165) is 27.8 Å². The van der Waals surface area contributed by atoms with Crippen molar-refractivity contribution >= 4 is 36.0 Å². The zero-order valence-electron chi connectivity index (χ0n) is 32.3. The van der Waals surface area contributed by atoms with Crippen LogP contribution in [-0.2, 0) is 50.2 Å². The van der Waals surface area contributed by atoms with Gasteiger partial charge in [0.15, 0.2) is 0 Å². The maximum absolute atomic E-state index is 13.6. The number of hydrogen-bond donors (Lipinski definition) is 1. The van der Waals surface area contributed by atoms with Crippen LogP contribution in [-0.4, -0.2) is 90.3 Å². The molecule has 1 N–H and O–H groups in total. The summed E-state index contributed by atoms with van der Waals surface area (Å²) in [4.78, 5) is 88.6. The van der Waals surface area contributed by atoms with Crippen LogP contribution in [0.15, 0.2) is 152 Å². The van der Waals surface area contributed by atoms with Crippen molar-refractivity contribution in [3.63, 3.8) is 0 Å². The van der Waals surface area contributed by atoms with Gasteiger partial charge in [0.2, 0.25) is 0 Å². The first-order chi connectivity index (χ1) is 28.6. The van der Waals surface area contributed by atoms with E-state index in [1.165, 1.54) is 9.80 Å². The van der Waals surface area contributed by atoms with E-state index in [-0.39, 0.29) is 49.7 Å². The lowest BCUT2D eigenvalue weighted by Gasteiger charge is -2.28. The number of aliphatic carboxylic acids is 1. The van der Waals surface area contributed by atoms with Crippen molar-refractivity contribution in [3.05, 3.63) is 179 Å². The molecule has 0 aromatic heterocycles. The molecule has 3 heterocycles. The van der Waals surface area contributed by atoms with Crippen molar-refractivity contribution in [2.24, 2.45) is 0 Å². The van der Waals surface area contributed by atoms with E-state index in [1.54, 1.807) is 14.7 Å². The smallest absolute Gasteiger partial charge is 0.373 e.